The number of aliphatic imine (C=N–C) groups is 1. The van der Waals surface area contributed by atoms with Gasteiger partial charge in [-0.15, -0.1) is 0 Å². The summed E-state index contributed by atoms with van der Waals surface area (Å²) in [5.41, 5.74) is 2.41. The molecule has 0 bridgehead atoms. The molecule has 1 saturated heterocycles. The summed E-state index contributed by atoms with van der Waals surface area (Å²) >= 11 is 0. The van der Waals surface area contributed by atoms with Gasteiger partial charge in [-0.05, 0) is 23.5 Å². The van der Waals surface area contributed by atoms with Crippen LogP contribution in [-0.4, -0.2) is 36.9 Å². The van der Waals surface area contributed by atoms with Gasteiger partial charge in [0.1, 0.15) is 0 Å². The second kappa shape index (κ2) is 8.56. The molecule has 5 nitrogen and oxygen atoms in total. The molecule has 2 rings (SSSR count). The standard InChI is InChI=1S/C18H28N4O/c1-14(2)11-20-18(19-3)21-12-15-7-4-5-8-16(15)13-22-10-6-9-17(22)23/h4-5,7-8,14H,6,9-13H2,1-3H3,(H2,19,20,21). The smallest absolute Gasteiger partial charge is 0.222 e. The summed E-state index contributed by atoms with van der Waals surface area (Å²) in [6, 6.07) is 8.29. The molecule has 0 saturated carbocycles. The Morgan fingerprint density at radius 3 is 2.61 bits per heavy atom. The second-order valence-electron chi connectivity index (χ2n) is 6.39. The van der Waals surface area contributed by atoms with E-state index in [4.69, 9.17) is 0 Å². The van der Waals surface area contributed by atoms with Crippen molar-refractivity contribution < 1.29 is 4.79 Å². The summed E-state index contributed by atoms with van der Waals surface area (Å²) in [6.07, 6.45) is 1.66. The van der Waals surface area contributed by atoms with Crippen molar-refractivity contribution in [2.24, 2.45) is 10.9 Å². The highest BCUT2D eigenvalue weighted by Crippen LogP contribution is 2.17. The van der Waals surface area contributed by atoms with Crippen molar-refractivity contribution in [1.82, 2.24) is 15.5 Å². The molecule has 0 aliphatic carbocycles. The molecule has 1 aliphatic rings. The molecular weight excluding hydrogens is 288 g/mol. The molecule has 126 valence electrons. The Morgan fingerprint density at radius 2 is 2.00 bits per heavy atom. The first-order chi connectivity index (χ1) is 11.1. The van der Waals surface area contributed by atoms with Crippen LogP contribution in [0.2, 0.25) is 0 Å². The van der Waals surface area contributed by atoms with Crippen molar-refractivity contribution in [3.63, 3.8) is 0 Å². The van der Waals surface area contributed by atoms with Crippen LogP contribution in [0.15, 0.2) is 29.3 Å². The van der Waals surface area contributed by atoms with Gasteiger partial charge in [0.05, 0.1) is 0 Å². The van der Waals surface area contributed by atoms with Gasteiger partial charge >= 0.3 is 0 Å². The molecular formula is C18H28N4O. The van der Waals surface area contributed by atoms with E-state index in [1.807, 2.05) is 17.0 Å². The van der Waals surface area contributed by atoms with Crippen LogP contribution in [0.3, 0.4) is 0 Å². The van der Waals surface area contributed by atoms with Crippen LogP contribution >= 0.6 is 0 Å². The normalized spacial score (nSPS) is 15.4. The lowest BCUT2D eigenvalue weighted by atomic mass is 10.1. The zero-order valence-corrected chi connectivity index (χ0v) is 14.4. The molecule has 1 aromatic carbocycles. The minimum atomic E-state index is 0.266. The van der Waals surface area contributed by atoms with E-state index in [2.05, 4.69) is 41.6 Å². The van der Waals surface area contributed by atoms with E-state index in [0.717, 1.165) is 25.5 Å². The number of benzene rings is 1. The first kappa shape index (κ1) is 17.3. The van der Waals surface area contributed by atoms with Gasteiger partial charge in [0.2, 0.25) is 5.91 Å². The minimum absolute atomic E-state index is 0.266. The molecule has 0 aromatic heterocycles. The SMILES string of the molecule is CN=C(NCc1ccccc1CN1CCCC1=O)NCC(C)C. The highest BCUT2D eigenvalue weighted by molar-refractivity contribution is 5.79. The first-order valence-electron chi connectivity index (χ1n) is 8.39. The number of hydrogen-bond donors (Lipinski definition) is 2. The van der Waals surface area contributed by atoms with E-state index < -0.39 is 0 Å². The molecule has 1 amide bonds. The highest BCUT2D eigenvalue weighted by atomic mass is 16.2. The number of nitrogens with one attached hydrogen (secondary N) is 2. The lowest BCUT2D eigenvalue weighted by Crippen LogP contribution is -2.38. The predicted molar refractivity (Wildman–Crippen MR) is 94.1 cm³/mol. The number of carbonyl (C=O) groups excluding carboxylic acids is 1. The van der Waals surface area contributed by atoms with E-state index >= 15 is 0 Å². The molecule has 2 N–H and O–H groups in total. The van der Waals surface area contributed by atoms with Gasteiger partial charge in [0.15, 0.2) is 5.96 Å². The molecule has 1 aliphatic heterocycles. The maximum Gasteiger partial charge on any atom is 0.222 e. The third-order valence-corrected chi connectivity index (χ3v) is 4.00. The highest BCUT2D eigenvalue weighted by Gasteiger charge is 2.20. The van der Waals surface area contributed by atoms with Crippen LogP contribution in [-0.2, 0) is 17.9 Å². The summed E-state index contributed by atoms with van der Waals surface area (Å²) < 4.78 is 0. The number of likely N-dealkylation sites (tertiary alicyclic amines) is 1. The summed E-state index contributed by atoms with van der Waals surface area (Å²) in [5.74, 6) is 1.65. The average molecular weight is 316 g/mol. The lowest BCUT2D eigenvalue weighted by Gasteiger charge is -2.19. The molecule has 0 radical (unpaired) electrons. The van der Waals surface area contributed by atoms with Gasteiger partial charge in [0, 0.05) is 39.6 Å². The molecule has 23 heavy (non-hydrogen) atoms. The lowest BCUT2D eigenvalue weighted by molar-refractivity contribution is -0.128. The fraction of sp³-hybridized carbons (Fsp3) is 0.556. The predicted octanol–water partition coefficient (Wildman–Crippen LogP) is 2.13. The zero-order valence-electron chi connectivity index (χ0n) is 14.4. The molecule has 0 atom stereocenters. The molecule has 0 unspecified atom stereocenters. The quantitative estimate of drug-likeness (QED) is 0.624. The van der Waals surface area contributed by atoms with Gasteiger partial charge in [-0.25, -0.2) is 0 Å². The van der Waals surface area contributed by atoms with Crippen molar-refractivity contribution >= 4 is 11.9 Å². The average Bonchev–Trinajstić information content (AvgIpc) is 2.94. The maximum atomic E-state index is 11.8. The van der Waals surface area contributed by atoms with Crippen LogP contribution in [0.1, 0.15) is 37.8 Å². The van der Waals surface area contributed by atoms with Crippen LogP contribution in [0, 0.1) is 5.92 Å². The van der Waals surface area contributed by atoms with E-state index in [0.29, 0.717) is 25.4 Å². The van der Waals surface area contributed by atoms with Gasteiger partial charge < -0.3 is 15.5 Å². The van der Waals surface area contributed by atoms with E-state index in [9.17, 15) is 4.79 Å². The molecule has 1 aromatic rings. The Balaban J connectivity index is 1.95. The summed E-state index contributed by atoms with van der Waals surface area (Å²) in [5, 5.41) is 6.67. The third kappa shape index (κ3) is 5.27. The molecule has 1 heterocycles. The fourth-order valence-electron chi connectivity index (χ4n) is 2.66. The van der Waals surface area contributed by atoms with Crippen molar-refractivity contribution in [3.8, 4) is 0 Å². The van der Waals surface area contributed by atoms with Crippen LogP contribution in [0.4, 0.5) is 0 Å². The Morgan fingerprint density at radius 1 is 1.26 bits per heavy atom. The Hall–Kier alpha value is -2.04. The second-order valence-corrected chi connectivity index (χ2v) is 6.39. The fourth-order valence-corrected chi connectivity index (χ4v) is 2.66. The van der Waals surface area contributed by atoms with Crippen molar-refractivity contribution in [3.05, 3.63) is 35.4 Å². The first-order valence-corrected chi connectivity index (χ1v) is 8.39. The largest absolute Gasteiger partial charge is 0.356 e. The molecule has 5 heteroatoms. The number of amides is 1. The van der Waals surface area contributed by atoms with Crippen LogP contribution in [0.25, 0.3) is 0 Å². The van der Waals surface area contributed by atoms with Gasteiger partial charge in [-0.2, -0.15) is 0 Å². The summed E-state index contributed by atoms with van der Waals surface area (Å²) in [4.78, 5) is 18.0. The Bertz CT molecular complexity index is 554. The number of carbonyl (C=O) groups is 1. The van der Waals surface area contributed by atoms with Crippen LogP contribution in [0.5, 0.6) is 0 Å². The zero-order chi connectivity index (χ0) is 16.7. The third-order valence-electron chi connectivity index (χ3n) is 4.00. The molecule has 1 fully saturated rings. The summed E-state index contributed by atoms with van der Waals surface area (Å²) in [7, 11) is 1.78. The van der Waals surface area contributed by atoms with Crippen LogP contribution < -0.4 is 10.6 Å². The van der Waals surface area contributed by atoms with E-state index in [1.54, 1.807) is 7.05 Å². The van der Waals surface area contributed by atoms with Crippen molar-refractivity contribution in [1.29, 1.82) is 0 Å². The number of hydrogen-bond acceptors (Lipinski definition) is 2. The van der Waals surface area contributed by atoms with Crippen molar-refractivity contribution in [2.75, 3.05) is 20.1 Å². The van der Waals surface area contributed by atoms with Crippen molar-refractivity contribution in [2.45, 2.75) is 39.8 Å². The Labute approximate surface area is 139 Å². The van der Waals surface area contributed by atoms with Gasteiger partial charge in [-0.3, -0.25) is 9.79 Å². The number of guanidine groups is 1. The molecule has 0 spiro atoms. The van der Waals surface area contributed by atoms with Gasteiger partial charge in [0.25, 0.3) is 0 Å². The minimum Gasteiger partial charge on any atom is -0.356 e. The number of rotatable bonds is 6. The van der Waals surface area contributed by atoms with E-state index in [-0.39, 0.29) is 5.91 Å². The summed E-state index contributed by atoms with van der Waals surface area (Å²) in [6.45, 7) is 7.51. The number of nitrogens with zero attached hydrogens (tertiary/aromatic N) is 2. The monoisotopic (exact) mass is 316 g/mol. The maximum absolute atomic E-state index is 11.8. The van der Waals surface area contributed by atoms with Gasteiger partial charge in [-0.1, -0.05) is 38.1 Å². The Kier molecular flexibility index (Phi) is 6.44. The topological polar surface area (TPSA) is 56.7 Å². The van der Waals surface area contributed by atoms with E-state index in [1.165, 1.54) is 11.1 Å².